The molecular weight excluding hydrogens is 410 g/mol. The zero-order valence-corrected chi connectivity index (χ0v) is 19.1. The number of fused-ring (bicyclic) bond motifs is 1. The number of carbonyl (C=O) groups excluding carboxylic acids is 1. The van der Waals surface area contributed by atoms with Crippen molar-refractivity contribution >= 4 is 22.4 Å². The molecule has 1 saturated heterocycles. The maximum atomic E-state index is 11.5. The SMILES string of the molecule is NC(=O)c1ccc2c(c1)COC2CCN1CCCN(c2ccc3c4c(cccc24)CC3)CC1. The summed E-state index contributed by atoms with van der Waals surface area (Å²) >= 11 is 0. The van der Waals surface area contributed by atoms with Gasteiger partial charge in [0.15, 0.2) is 0 Å². The summed E-state index contributed by atoms with van der Waals surface area (Å²) in [5.41, 5.74) is 12.7. The van der Waals surface area contributed by atoms with Crippen LogP contribution in [0.2, 0.25) is 0 Å². The predicted molar refractivity (Wildman–Crippen MR) is 132 cm³/mol. The van der Waals surface area contributed by atoms with E-state index in [0.29, 0.717) is 12.2 Å². The number of carbonyl (C=O) groups is 1. The molecule has 0 aromatic heterocycles. The number of rotatable bonds is 5. The van der Waals surface area contributed by atoms with Gasteiger partial charge in [0, 0.05) is 42.8 Å². The van der Waals surface area contributed by atoms with Crippen LogP contribution in [0.3, 0.4) is 0 Å². The maximum absolute atomic E-state index is 11.5. The van der Waals surface area contributed by atoms with Gasteiger partial charge in [0.1, 0.15) is 0 Å². The average Bonchev–Trinajstić information content (AvgIpc) is 3.36. The second-order valence-electron chi connectivity index (χ2n) is 9.63. The van der Waals surface area contributed by atoms with Crippen LogP contribution in [0.1, 0.15) is 51.6 Å². The van der Waals surface area contributed by atoms with Crippen LogP contribution >= 0.6 is 0 Å². The lowest BCUT2D eigenvalue weighted by molar-refractivity contribution is 0.0521. The number of hydrogen-bond donors (Lipinski definition) is 1. The van der Waals surface area contributed by atoms with Crippen LogP contribution in [0.15, 0.2) is 48.5 Å². The molecule has 5 heteroatoms. The van der Waals surface area contributed by atoms with Gasteiger partial charge in [-0.15, -0.1) is 0 Å². The van der Waals surface area contributed by atoms with E-state index in [0.717, 1.165) is 44.7 Å². The third-order valence-electron chi connectivity index (χ3n) is 7.70. The Bertz CT molecular complexity index is 1210. The van der Waals surface area contributed by atoms with Gasteiger partial charge in [-0.2, -0.15) is 0 Å². The second kappa shape index (κ2) is 8.47. The third kappa shape index (κ3) is 3.79. The molecule has 1 fully saturated rings. The van der Waals surface area contributed by atoms with Gasteiger partial charge >= 0.3 is 0 Å². The largest absolute Gasteiger partial charge is 0.370 e. The van der Waals surface area contributed by atoms with E-state index in [1.165, 1.54) is 52.4 Å². The molecule has 2 heterocycles. The van der Waals surface area contributed by atoms with Crippen LogP contribution in [0.5, 0.6) is 0 Å². The zero-order valence-electron chi connectivity index (χ0n) is 19.1. The van der Waals surface area contributed by atoms with Gasteiger partial charge in [-0.25, -0.2) is 0 Å². The molecule has 0 bridgehead atoms. The van der Waals surface area contributed by atoms with Gasteiger partial charge in [-0.05, 0) is 78.1 Å². The Morgan fingerprint density at radius 3 is 2.73 bits per heavy atom. The van der Waals surface area contributed by atoms with E-state index >= 15 is 0 Å². The number of anilines is 1. The standard InChI is InChI=1S/C28H31N3O2/c29-28(32)21-7-9-23-22(17-21)18-33-26(23)11-14-30-12-2-13-31(16-15-30)25-10-8-20-6-5-19-3-1-4-24(25)27(19)20/h1,3-4,7-10,17,26H,2,5-6,11-16,18H2,(H2,29,32). The highest BCUT2D eigenvalue weighted by atomic mass is 16.5. The van der Waals surface area contributed by atoms with E-state index in [2.05, 4.69) is 40.1 Å². The highest BCUT2D eigenvalue weighted by Gasteiger charge is 2.26. The number of hydrogen-bond acceptors (Lipinski definition) is 4. The van der Waals surface area contributed by atoms with Crippen molar-refractivity contribution in [3.05, 3.63) is 76.3 Å². The lowest BCUT2D eigenvalue weighted by Crippen LogP contribution is -2.32. The number of primary amides is 1. The highest BCUT2D eigenvalue weighted by Crippen LogP contribution is 2.37. The Kier molecular flexibility index (Phi) is 5.31. The lowest BCUT2D eigenvalue weighted by atomic mass is 10.0. The number of benzene rings is 3. The Labute approximate surface area is 195 Å². The molecule has 0 saturated carbocycles. The molecule has 1 atom stereocenters. The highest BCUT2D eigenvalue weighted by molar-refractivity contribution is 5.99. The van der Waals surface area contributed by atoms with Gasteiger partial charge in [-0.3, -0.25) is 4.79 Å². The van der Waals surface area contributed by atoms with Crippen molar-refractivity contribution in [2.45, 2.75) is 38.4 Å². The summed E-state index contributed by atoms with van der Waals surface area (Å²) in [6.45, 7) is 5.96. The van der Waals surface area contributed by atoms with Gasteiger partial charge in [0.05, 0.1) is 12.7 Å². The number of ether oxygens (including phenoxy) is 1. The van der Waals surface area contributed by atoms with Crippen LogP contribution < -0.4 is 10.6 Å². The van der Waals surface area contributed by atoms with Gasteiger partial charge in [0.25, 0.3) is 0 Å². The quantitative estimate of drug-likeness (QED) is 0.644. The Balaban J connectivity index is 1.11. The third-order valence-corrected chi connectivity index (χ3v) is 7.70. The molecule has 1 amide bonds. The Morgan fingerprint density at radius 1 is 0.970 bits per heavy atom. The molecule has 1 unspecified atom stereocenters. The average molecular weight is 442 g/mol. The first-order valence-electron chi connectivity index (χ1n) is 12.2. The number of nitrogens with two attached hydrogens (primary N) is 1. The second-order valence-corrected chi connectivity index (χ2v) is 9.63. The monoisotopic (exact) mass is 441 g/mol. The van der Waals surface area contributed by atoms with E-state index in [-0.39, 0.29) is 12.0 Å². The fourth-order valence-corrected chi connectivity index (χ4v) is 5.96. The van der Waals surface area contributed by atoms with E-state index in [1.54, 1.807) is 0 Å². The summed E-state index contributed by atoms with van der Waals surface area (Å²) in [6.07, 6.45) is 4.62. The van der Waals surface area contributed by atoms with Crippen LogP contribution in [0.25, 0.3) is 10.8 Å². The molecule has 170 valence electrons. The molecule has 2 aliphatic heterocycles. The molecular formula is C28H31N3O2. The summed E-state index contributed by atoms with van der Waals surface area (Å²) in [7, 11) is 0. The summed E-state index contributed by atoms with van der Waals surface area (Å²) < 4.78 is 6.06. The minimum atomic E-state index is -0.379. The van der Waals surface area contributed by atoms with Crippen LogP contribution in [0.4, 0.5) is 5.69 Å². The van der Waals surface area contributed by atoms with E-state index < -0.39 is 0 Å². The number of nitrogens with zero attached hydrogens (tertiary/aromatic N) is 2. The van der Waals surface area contributed by atoms with E-state index in [9.17, 15) is 4.79 Å². The zero-order chi connectivity index (χ0) is 22.4. The molecule has 0 spiro atoms. The van der Waals surface area contributed by atoms with Crippen molar-refractivity contribution in [2.24, 2.45) is 5.73 Å². The number of amides is 1. The molecule has 3 aliphatic rings. The summed E-state index contributed by atoms with van der Waals surface area (Å²) in [6, 6.07) is 17.3. The van der Waals surface area contributed by atoms with E-state index in [4.69, 9.17) is 10.5 Å². The molecule has 2 N–H and O–H groups in total. The van der Waals surface area contributed by atoms with Crippen molar-refractivity contribution in [1.82, 2.24) is 4.90 Å². The molecule has 0 radical (unpaired) electrons. The molecule has 3 aromatic rings. The fourth-order valence-electron chi connectivity index (χ4n) is 5.96. The summed E-state index contributed by atoms with van der Waals surface area (Å²) in [5.74, 6) is -0.379. The van der Waals surface area contributed by atoms with Crippen molar-refractivity contribution in [1.29, 1.82) is 0 Å². The minimum Gasteiger partial charge on any atom is -0.370 e. The molecule has 3 aromatic carbocycles. The molecule has 33 heavy (non-hydrogen) atoms. The smallest absolute Gasteiger partial charge is 0.248 e. The van der Waals surface area contributed by atoms with Crippen molar-refractivity contribution < 1.29 is 9.53 Å². The lowest BCUT2D eigenvalue weighted by Gasteiger charge is -2.26. The summed E-state index contributed by atoms with van der Waals surface area (Å²) in [5, 5.41) is 2.94. The van der Waals surface area contributed by atoms with Gasteiger partial charge in [-0.1, -0.05) is 30.3 Å². The first-order chi connectivity index (χ1) is 16.2. The molecule has 6 rings (SSSR count). The number of aryl methyl sites for hydroxylation is 2. The van der Waals surface area contributed by atoms with E-state index in [1.807, 2.05) is 18.2 Å². The van der Waals surface area contributed by atoms with Crippen LogP contribution in [0, 0.1) is 0 Å². The normalized spacial score (nSPS) is 20.2. The Morgan fingerprint density at radius 2 is 1.85 bits per heavy atom. The first-order valence-corrected chi connectivity index (χ1v) is 12.2. The topological polar surface area (TPSA) is 58.8 Å². The maximum Gasteiger partial charge on any atom is 0.248 e. The van der Waals surface area contributed by atoms with Gasteiger partial charge in [0.2, 0.25) is 5.91 Å². The van der Waals surface area contributed by atoms with Crippen molar-refractivity contribution in [2.75, 3.05) is 37.6 Å². The van der Waals surface area contributed by atoms with Crippen LogP contribution in [-0.4, -0.2) is 43.5 Å². The van der Waals surface area contributed by atoms with Crippen LogP contribution in [-0.2, 0) is 24.2 Å². The van der Waals surface area contributed by atoms with Crippen molar-refractivity contribution in [3.8, 4) is 0 Å². The van der Waals surface area contributed by atoms with Gasteiger partial charge < -0.3 is 20.3 Å². The predicted octanol–water partition coefficient (Wildman–Crippen LogP) is 4.21. The molecule has 5 nitrogen and oxygen atoms in total. The minimum absolute atomic E-state index is 0.109. The van der Waals surface area contributed by atoms with Crippen molar-refractivity contribution in [3.63, 3.8) is 0 Å². The fraction of sp³-hybridized carbons (Fsp3) is 0.393. The first kappa shape index (κ1) is 20.7. The summed E-state index contributed by atoms with van der Waals surface area (Å²) in [4.78, 5) is 16.6. The molecule has 1 aliphatic carbocycles. The Hall–Kier alpha value is -2.89.